The smallest absolute Gasteiger partial charge is 0.311 e. The fourth-order valence-electron chi connectivity index (χ4n) is 1.77. The molecule has 1 atom stereocenters. The van der Waals surface area contributed by atoms with Crippen LogP contribution in [0.25, 0.3) is 6.08 Å². The molecule has 0 saturated carbocycles. The van der Waals surface area contributed by atoms with Gasteiger partial charge in [-0.2, -0.15) is 5.10 Å². The van der Waals surface area contributed by atoms with E-state index in [1.165, 1.54) is 17.4 Å². The number of aliphatic hydroxyl groups is 1. The summed E-state index contributed by atoms with van der Waals surface area (Å²) >= 11 is 1.43. The summed E-state index contributed by atoms with van der Waals surface area (Å²) in [4.78, 5) is 27.3. The zero-order valence-corrected chi connectivity index (χ0v) is 13.1. The highest BCUT2D eigenvalue weighted by molar-refractivity contribution is 7.11. The van der Waals surface area contributed by atoms with Gasteiger partial charge in [0.25, 0.3) is 0 Å². The second kappa shape index (κ2) is 7.65. The summed E-state index contributed by atoms with van der Waals surface area (Å²) in [7, 11) is 0. The SMILES string of the molecule is CC(NC(=O)C=Cc1cc(CO)cs1)c1n[nH]c(CC(=O)O)n1. The number of aromatic nitrogens is 3. The van der Waals surface area contributed by atoms with Crippen molar-refractivity contribution < 1.29 is 19.8 Å². The van der Waals surface area contributed by atoms with E-state index in [0.717, 1.165) is 10.4 Å². The van der Waals surface area contributed by atoms with Gasteiger partial charge in [0.15, 0.2) is 5.82 Å². The van der Waals surface area contributed by atoms with Crippen LogP contribution in [0.2, 0.25) is 0 Å². The molecule has 4 N–H and O–H groups in total. The Bertz CT molecular complexity index is 722. The molecule has 0 bridgehead atoms. The van der Waals surface area contributed by atoms with Crippen LogP contribution in [0, 0.1) is 0 Å². The molecule has 0 aliphatic heterocycles. The lowest BCUT2D eigenvalue weighted by Gasteiger charge is -2.07. The third-order valence-electron chi connectivity index (χ3n) is 2.87. The van der Waals surface area contributed by atoms with Crippen LogP contribution in [0.15, 0.2) is 17.5 Å². The molecular weight excluding hydrogens is 320 g/mol. The van der Waals surface area contributed by atoms with Gasteiger partial charge in [-0.3, -0.25) is 14.7 Å². The maximum absolute atomic E-state index is 11.9. The van der Waals surface area contributed by atoms with Crippen molar-refractivity contribution in [3.8, 4) is 0 Å². The van der Waals surface area contributed by atoms with Crippen LogP contribution >= 0.6 is 11.3 Å². The Morgan fingerprint density at radius 2 is 2.30 bits per heavy atom. The predicted molar refractivity (Wildman–Crippen MR) is 83.6 cm³/mol. The number of carboxylic acid groups (broad SMARTS) is 1. The summed E-state index contributed by atoms with van der Waals surface area (Å²) < 4.78 is 0. The van der Waals surface area contributed by atoms with E-state index in [1.807, 2.05) is 5.38 Å². The Balaban J connectivity index is 1.91. The van der Waals surface area contributed by atoms with Crippen LogP contribution in [-0.4, -0.2) is 37.3 Å². The van der Waals surface area contributed by atoms with Crippen molar-refractivity contribution in [1.29, 1.82) is 0 Å². The van der Waals surface area contributed by atoms with Crippen LogP contribution in [-0.2, 0) is 22.6 Å². The van der Waals surface area contributed by atoms with Gasteiger partial charge >= 0.3 is 5.97 Å². The first-order valence-corrected chi connectivity index (χ1v) is 7.65. The van der Waals surface area contributed by atoms with Gasteiger partial charge in [-0.25, -0.2) is 4.98 Å². The van der Waals surface area contributed by atoms with Gasteiger partial charge in [0.05, 0.1) is 12.6 Å². The lowest BCUT2D eigenvalue weighted by atomic mass is 10.3. The molecule has 0 radical (unpaired) electrons. The molecule has 0 aliphatic carbocycles. The molecule has 9 heteroatoms. The van der Waals surface area contributed by atoms with E-state index in [1.54, 1.807) is 19.1 Å². The monoisotopic (exact) mass is 336 g/mol. The summed E-state index contributed by atoms with van der Waals surface area (Å²) in [6, 6.07) is 1.34. The minimum atomic E-state index is -1.01. The molecule has 0 fully saturated rings. The number of carboxylic acids is 1. The highest BCUT2D eigenvalue weighted by Crippen LogP contribution is 2.16. The van der Waals surface area contributed by atoms with Crippen molar-refractivity contribution in [2.24, 2.45) is 0 Å². The fraction of sp³-hybridized carbons (Fsp3) is 0.286. The van der Waals surface area contributed by atoms with E-state index in [4.69, 9.17) is 10.2 Å². The van der Waals surface area contributed by atoms with E-state index >= 15 is 0 Å². The van der Waals surface area contributed by atoms with Crippen LogP contribution in [0.3, 0.4) is 0 Å². The van der Waals surface area contributed by atoms with E-state index in [9.17, 15) is 9.59 Å². The Hall–Kier alpha value is -2.52. The number of aliphatic carboxylic acids is 1. The van der Waals surface area contributed by atoms with Crippen LogP contribution in [0.1, 0.15) is 35.1 Å². The molecule has 1 amide bonds. The number of carbonyl (C=O) groups excluding carboxylic acids is 1. The molecule has 23 heavy (non-hydrogen) atoms. The Kier molecular flexibility index (Phi) is 5.61. The molecule has 2 heterocycles. The second-order valence-electron chi connectivity index (χ2n) is 4.79. The number of aliphatic hydroxyl groups excluding tert-OH is 1. The number of hydrogen-bond donors (Lipinski definition) is 4. The maximum Gasteiger partial charge on any atom is 0.311 e. The number of nitrogens with one attached hydrogen (secondary N) is 2. The normalized spacial score (nSPS) is 12.4. The largest absolute Gasteiger partial charge is 0.481 e. The van der Waals surface area contributed by atoms with Crippen molar-refractivity contribution in [3.05, 3.63) is 39.6 Å². The third kappa shape index (κ3) is 5.01. The van der Waals surface area contributed by atoms with Crippen molar-refractivity contribution in [2.75, 3.05) is 0 Å². The van der Waals surface area contributed by atoms with E-state index in [-0.39, 0.29) is 24.8 Å². The Labute approximate surface area is 135 Å². The standard InChI is InChI=1S/C14H16N4O4S/c1-8(14-16-11(17-18-14)5-13(21)22)15-12(20)3-2-10-4-9(6-19)7-23-10/h2-4,7-8,19H,5-6H2,1H3,(H,15,20)(H,21,22)(H,16,17,18). The van der Waals surface area contributed by atoms with E-state index in [2.05, 4.69) is 20.5 Å². The third-order valence-corrected chi connectivity index (χ3v) is 3.82. The molecule has 0 saturated heterocycles. The first kappa shape index (κ1) is 16.8. The predicted octanol–water partition coefficient (Wildman–Crippen LogP) is 0.876. The number of nitrogens with zero attached hydrogens (tertiary/aromatic N) is 2. The summed E-state index contributed by atoms with van der Waals surface area (Å²) in [5, 5.41) is 28.6. The van der Waals surface area contributed by atoms with Crippen LogP contribution in [0.5, 0.6) is 0 Å². The Morgan fingerprint density at radius 1 is 1.52 bits per heavy atom. The Morgan fingerprint density at radius 3 is 2.96 bits per heavy atom. The number of H-pyrrole nitrogens is 1. The average Bonchev–Trinajstić information content (AvgIpc) is 3.13. The zero-order valence-electron chi connectivity index (χ0n) is 12.3. The fourth-order valence-corrected chi connectivity index (χ4v) is 2.57. The average molecular weight is 336 g/mol. The van der Waals surface area contributed by atoms with Crippen LogP contribution in [0.4, 0.5) is 0 Å². The highest BCUT2D eigenvalue weighted by Gasteiger charge is 2.14. The molecule has 2 aromatic heterocycles. The van der Waals surface area contributed by atoms with Gasteiger partial charge < -0.3 is 15.5 Å². The van der Waals surface area contributed by atoms with Gasteiger partial charge in [-0.1, -0.05) is 0 Å². The van der Waals surface area contributed by atoms with Crippen molar-refractivity contribution in [1.82, 2.24) is 20.5 Å². The van der Waals surface area contributed by atoms with Crippen LogP contribution < -0.4 is 5.32 Å². The van der Waals surface area contributed by atoms with Crippen molar-refractivity contribution >= 4 is 29.3 Å². The summed E-state index contributed by atoms with van der Waals surface area (Å²) in [5.41, 5.74) is 0.801. The first-order valence-electron chi connectivity index (χ1n) is 6.77. The van der Waals surface area contributed by atoms with Gasteiger partial charge in [0.2, 0.25) is 5.91 Å². The maximum atomic E-state index is 11.9. The summed E-state index contributed by atoms with van der Waals surface area (Å²) in [5.74, 6) is -0.771. The molecule has 0 aliphatic rings. The molecule has 2 rings (SSSR count). The zero-order chi connectivity index (χ0) is 16.8. The molecule has 122 valence electrons. The molecule has 2 aromatic rings. The topological polar surface area (TPSA) is 128 Å². The van der Waals surface area contributed by atoms with Crippen molar-refractivity contribution in [3.63, 3.8) is 0 Å². The number of rotatable bonds is 7. The van der Waals surface area contributed by atoms with Gasteiger partial charge in [-0.15, -0.1) is 11.3 Å². The van der Waals surface area contributed by atoms with Crippen molar-refractivity contribution in [2.45, 2.75) is 26.0 Å². The summed E-state index contributed by atoms with van der Waals surface area (Å²) in [6.45, 7) is 1.67. The number of thiophene rings is 1. The molecule has 1 unspecified atom stereocenters. The first-order chi connectivity index (χ1) is 11.0. The highest BCUT2D eigenvalue weighted by atomic mass is 32.1. The quantitative estimate of drug-likeness (QED) is 0.556. The second-order valence-corrected chi connectivity index (χ2v) is 5.73. The number of aromatic amines is 1. The van der Waals surface area contributed by atoms with E-state index in [0.29, 0.717) is 5.82 Å². The molecule has 8 nitrogen and oxygen atoms in total. The van der Waals surface area contributed by atoms with Gasteiger partial charge in [0.1, 0.15) is 12.2 Å². The lowest BCUT2D eigenvalue weighted by Crippen LogP contribution is -2.25. The number of amides is 1. The molecule has 0 spiro atoms. The number of carbonyl (C=O) groups is 2. The number of hydrogen-bond acceptors (Lipinski definition) is 6. The van der Waals surface area contributed by atoms with Gasteiger partial charge in [-0.05, 0) is 30.0 Å². The molecule has 0 aromatic carbocycles. The van der Waals surface area contributed by atoms with E-state index < -0.39 is 12.0 Å². The minimum absolute atomic E-state index is 0.0307. The lowest BCUT2D eigenvalue weighted by molar-refractivity contribution is -0.136. The summed E-state index contributed by atoms with van der Waals surface area (Å²) in [6.07, 6.45) is 2.78. The van der Waals surface area contributed by atoms with Gasteiger partial charge in [0, 0.05) is 11.0 Å². The minimum Gasteiger partial charge on any atom is -0.481 e. The molecular formula is C14H16N4O4S.